The fraction of sp³-hybridized carbons (Fsp3) is 0.429. The lowest BCUT2D eigenvalue weighted by atomic mass is 10.2. The molecule has 19 heavy (non-hydrogen) atoms. The molecule has 2 bridgehead atoms. The Morgan fingerprint density at radius 2 is 1.95 bits per heavy atom. The van der Waals surface area contributed by atoms with Crippen molar-refractivity contribution in [1.29, 1.82) is 0 Å². The maximum atomic E-state index is 12.6. The van der Waals surface area contributed by atoms with Gasteiger partial charge in [-0.1, -0.05) is 18.2 Å². The zero-order valence-electron chi connectivity index (χ0n) is 10.8. The van der Waals surface area contributed by atoms with Gasteiger partial charge in [-0.2, -0.15) is 0 Å². The van der Waals surface area contributed by atoms with Gasteiger partial charge in [-0.15, -0.1) is 0 Å². The molecule has 0 amide bonds. The molecule has 0 saturated carbocycles. The van der Waals surface area contributed by atoms with Gasteiger partial charge >= 0.3 is 0 Å². The molecule has 1 aromatic carbocycles. The van der Waals surface area contributed by atoms with Gasteiger partial charge in [0.05, 0.1) is 4.90 Å². The summed E-state index contributed by atoms with van der Waals surface area (Å²) >= 11 is 0. The molecule has 5 heteroatoms. The van der Waals surface area contributed by atoms with Crippen molar-refractivity contribution in [3.8, 4) is 0 Å². The second-order valence-corrected chi connectivity index (χ2v) is 7.52. The first-order chi connectivity index (χ1) is 9.07. The summed E-state index contributed by atoms with van der Waals surface area (Å²) in [4.78, 5) is 4.89. The molecule has 3 heterocycles. The summed E-state index contributed by atoms with van der Waals surface area (Å²) in [5.41, 5.74) is 0.827. The number of hydrogen-bond acceptors (Lipinski definition) is 4. The highest BCUT2D eigenvalue weighted by Crippen LogP contribution is 2.40. The monoisotopic (exact) mass is 276 g/mol. The van der Waals surface area contributed by atoms with Crippen molar-refractivity contribution in [2.45, 2.75) is 23.4 Å². The van der Waals surface area contributed by atoms with E-state index in [0.29, 0.717) is 22.0 Å². The predicted octanol–water partition coefficient (Wildman–Crippen LogP) is 1.16. The third kappa shape index (κ3) is 1.45. The van der Waals surface area contributed by atoms with Gasteiger partial charge in [0.2, 0.25) is 9.84 Å². The Labute approximate surface area is 113 Å². The lowest BCUT2D eigenvalue weighted by Crippen LogP contribution is -2.44. The van der Waals surface area contributed by atoms with E-state index in [1.165, 1.54) is 0 Å². The Morgan fingerprint density at radius 1 is 1.16 bits per heavy atom. The Morgan fingerprint density at radius 3 is 2.58 bits per heavy atom. The summed E-state index contributed by atoms with van der Waals surface area (Å²) in [6, 6.07) is 8.11. The molecule has 0 aliphatic carbocycles. The van der Waals surface area contributed by atoms with E-state index in [1.807, 2.05) is 18.2 Å². The largest absolute Gasteiger partial charge is 0.356 e. The Balaban J connectivity index is 1.76. The highest BCUT2D eigenvalue weighted by molar-refractivity contribution is 7.95. The highest BCUT2D eigenvalue weighted by Gasteiger charge is 2.46. The van der Waals surface area contributed by atoms with Gasteiger partial charge in [0.25, 0.3) is 0 Å². The molecular weight excluding hydrogens is 260 g/mol. The fourth-order valence-electron chi connectivity index (χ4n) is 3.54. The van der Waals surface area contributed by atoms with Gasteiger partial charge in [0.1, 0.15) is 5.03 Å². The summed E-state index contributed by atoms with van der Waals surface area (Å²) in [5.74, 6) is 0. The molecule has 0 N–H and O–H groups in total. The van der Waals surface area contributed by atoms with Crippen molar-refractivity contribution in [3.05, 3.63) is 34.9 Å². The van der Waals surface area contributed by atoms with Crippen LogP contribution in [0, 0.1) is 0 Å². The molecule has 2 saturated heterocycles. The average Bonchev–Trinajstić information content (AvgIpc) is 3.01. The standard InChI is InChI=1S/C14H16N2O2S/c1-15-8-12-7-11(15)9-16(12)14-6-10-4-2-3-5-13(10)19(14,17)18/h2-6,11-12H,7-9H2,1H3/t11-,12-/m0/s1. The molecule has 0 unspecified atom stereocenters. The Hall–Kier alpha value is -1.33. The van der Waals surface area contributed by atoms with E-state index in [4.69, 9.17) is 0 Å². The molecule has 0 aromatic heterocycles. The van der Waals surface area contributed by atoms with Crippen LogP contribution in [0.2, 0.25) is 0 Å². The summed E-state index contributed by atoms with van der Waals surface area (Å²) in [7, 11) is -1.18. The second kappa shape index (κ2) is 3.61. The normalized spacial score (nSPS) is 31.6. The van der Waals surface area contributed by atoms with Gasteiger partial charge in [-0.3, -0.25) is 4.90 Å². The van der Waals surface area contributed by atoms with Crippen molar-refractivity contribution >= 4 is 15.9 Å². The molecule has 4 rings (SSSR count). The zero-order valence-corrected chi connectivity index (χ0v) is 11.6. The van der Waals surface area contributed by atoms with E-state index in [9.17, 15) is 8.42 Å². The molecule has 0 spiro atoms. The molecule has 4 nitrogen and oxygen atoms in total. The van der Waals surface area contributed by atoms with Crippen LogP contribution in [-0.4, -0.2) is 50.4 Å². The van der Waals surface area contributed by atoms with Gasteiger partial charge in [-0.05, 0) is 31.2 Å². The van der Waals surface area contributed by atoms with Gasteiger partial charge in [-0.25, -0.2) is 8.42 Å². The van der Waals surface area contributed by atoms with E-state index in [-0.39, 0.29) is 0 Å². The maximum Gasteiger partial charge on any atom is 0.222 e. The lowest BCUT2D eigenvalue weighted by Gasteiger charge is -2.33. The number of sulfone groups is 1. The molecule has 3 aliphatic rings. The van der Waals surface area contributed by atoms with E-state index in [1.54, 1.807) is 12.1 Å². The van der Waals surface area contributed by atoms with Crippen molar-refractivity contribution < 1.29 is 8.42 Å². The molecule has 3 aliphatic heterocycles. The zero-order chi connectivity index (χ0) is 13.2. The molecule has 0 radical (unpaired) electrons. The highest BCUT2D eigenvalue weighted by atomic mass is 32.2. The van der Waals surface area contributed by atoms with E-state index < -0.39 is 9.84 Å². The number of fused-ring (bicyclic) bond motifs is 3. The topological polar surface area (TPSA) is 40.6 Å². The third-order valence-corrected chi connectivity index (χ3v) is 6.41. The van der Waals surface area contributed by atoms with Gasteiger partial charge in [0.15, 0.2) is 0 Å². The van der Waals surface area contributed by atoms with Crippen LogP contribution in [0.5, 0.6) is 0 Å². The van der Waals surface area contributed by atoms with Crippen LogP contribution in [0.25, 0.3) is 6.08 Å². The first-order valence-corrected chi connectivity index (χ1v) is 8.08. The van der Waals surface area contributed by atoms with Crippen LogP contribution < -0.4 is 0 Å². The number of hydrogen-bond donors (Lipinski definition) is 0. The van der Waals surface area contributed by atoms with Crippen molar-refractivity contribution in [2.24, 2.45) is 0 Å². The quantitative estimate of drug-likeness (QED) is 0.772. The molecular formula is C14H16N2O2S. The molecule has 100 valence electrons. The van der Waals surface area contributed by atoms with Crippen LogP contribution in [0.4, 0.5) is 0 Å². The third-order valence-electron chi connectivity index (χ3n) is 4.56. The number of likely N-dealkylation sites (N-methyl/N-ethyl adjacent to an activating group) is 1. The summed E-state index contributed by atoms with van der Waals surface area (Å²) in [5, 5.41) is 0.509. The van der Waals surface area contributed by atoms with Crippen LogP contribution in [-0.2, 0) is 9.84 Å². The van der Waals surface area contributed by atoms with Crippen LogP contribution in [0.3, 0.4) is 0 Å². The Kier molecular flexibility index (Phi) is 2.18. The van der Waals surface area contributed by atoms with Gasteiger partial charge < -0.3 is 4.90 Å². The van der Waals surface area contributed by atoms with Gasteiger partial charge in [0, 0.05) is 25.2 Å². The second-order valence-electron chi connectivity index (χ2n) is 5.66. The molecule has 2 atom stereocenters. The van der Waals surface area contributed by atoms with Crippen molar-refractivity contribution in [3.63, 3.8) is 0 Å². The van der Waals surface area contributed by atoms with E-state index in [0.717, 1.165) is 25.1 Å². The maximum absolute atomic E-state index is 12.6. The smallest absolute Gasteiger partial charge is 0.222 e. The van der Waals surface area contributed by atoms with E-state index in [2.05, 4.69) is 16.8 Å². The Bertz CT molecular complexity index is 678. The minimum absolute atomic E-state index is 0.352. The van der Waals surface area contributed by atoms with Crippen molar-refractivity contribution in [1.82, 2.24) is 9.80 Å². The van der Waals surface area contributed by atoms with Crippen LogP contribution >= 0.6 is 0 Å². The predicted molar refractivity (Wildman–Crippen MR) is 73.1 cm³/mol. The number of benzene rings is 1. The average molecular weight is 276 g/mol. The number of nitrogens with zero attached hydrogens (tertiary/aromatic N) is 2. The summed E-state index contributed by atoms with van der Waals surface area (Å²) in [6.07, 6.45) is 2.92. The SMILES string of the molecule is CN1C[C@@H]2C[C@H]1CN2C1=Cc2ccccc2S1(=O)=O. The lowest BCUT2D eigenvalue weighted by molar-refractivity contribution is 0.190. The minimum Gasteiger partial charge on any atom is -0.356 e. The summed E-state index contributed by atoms with van der Waals surface area (Å²) < 4.78 is 25.2. The summed E-state index contributed by atoms with van der Waals surface area (Å²) in [6.45, 7) is 1.80. The molecule has 1 aromatic rings. The molecule has 2 fully saturated rings. The first kappa shape index (κ1) is 11.5. The first-order valence-electron chi connectivity index (χ1n) is 6.60. The fourth-order valence-corrected chi connectivity index (χ4v) is 5.28. The minimum atomic E-state index is -3.30. The van der Waals surface area contributed by atoms with Crippen LogP contribution in [0.15, 0.2) is 34.2 Å². The van der Waals surface area contributed by atoms with E-state index >= 15 is 0 Å². The van der Waals surface area contributed by atoms with Crippen LogP contribution in [0.1, 0.15) is 12.0 Å². The number of rotatable bonds is 1. The number of piperazine rings is 1. The number of likely N-dealkylation sites (tertiary alicyclic amines) is 2. The van der Waals surface area contributed by atoms with Crippen molar-refractivity contribution in [2.75, 3.05) is 20.1 Å².